The minimum absolute atomic E-state index is 0.0255. The van der Waals surface area contributed by atoms with Crippen LogP contribution in [0.1, 0.15) is 145 Å². The Hall–Kier alpha value is -7.79. The lowest BCUT2D eigenvalue weighted by atomic mass is 9.44. The largest absolute Gasteiger partial charge is 0.461 e. The zero-order chi connectivity index (χ0) is 61.4. The van der Waals surface area contributed by atoms with Crippen molar-refractivity contribution in [1.82, 2.24) is 5.32 Å². The van der Waals surface area contributed by atoms with E-state index in [4.69, 9.17) is 28.4 Å². The molecule has 85 heavy (non-hydrogen) atoms. The van der Waals surface area contributed by atoms with E-state index in [-0.39, 0.29) is 48.1 Å². The molecular weight excluding hydrogens is 1080 g/mol. The van der Waals surface area contributed by atoms with Crippen LogP contribution in [0.2, 0.25) is 0 Å². The maximum Gasteiger partial charge on any atom is 0.338 e. The molecular formula is C69H81NO15. The molecule has 3 fully saturated rings. The molecule has 1 amide bonds. The summed E-state index contributed by atoms with van der Waals surface area (Å²) < 4.78 is 37.7. The van der Waals surface area contributed by atoms with E-state index in [0.29, 0.717) is 12.0 Å². The molecule has 3 aromatic rings. The molecule has 16 nitrogen and oxygen atoms in total. The molecule has 0 aromatic heterocycles. The number of aliphatic hydroxyl groups excluding tert-OH is 1. The van der Waals surface area contributed by atoms with Crippen molar-refractivity contribution < 1.29 is 72.2 Å². The molecule has 2 unspecified atom stereocenters. The van der Waals surface area contributed by atoms with E-state index in [1.54, 1.807) is 92.7 Å². The first-order valence-electron chi connectivity index (χ1n) is 29.3. The van der Waals surface area contributed by atoms with E-state index >= 15 is 4.79 Å². The van der Waals surface area contributed by atoms with Crippen LogP contribution < -0.4 is 5.32 Å². The van der Waals surface area contributed by atoms with Crippen molar-refractivity contribution in [2.45, 2.75) is 167 Å². The Labute approximate surface area is 498 Å². The number of allylic oxidation sites excluding steroid dienone is 12. The number of amides is 1. The van der Waals surface area contributed by atoms with Gasteiger partial charge in [0.1, 0.15) is 30.0 Å². The quantitative estimate of drug-likeness (QED) is 0.0407. The number of esters is 5. The number of nitrogens with one attached hydrogen (secondary N) is 1. The number of rotatable bonds is 25. The van der Waals surface area contributed by atoms with E-state index in [1.807, 2.05) is 18.2 Å². The Morgan fingerprint density at radius 2 is 1.22 bits per heavy atom. The normalized spacial score (nSPS) is 27.0. The average molecular weight is 1160 g/mol. The van der Waals surface area contributed by atoms with Crippen molar-refractivity contribution in [3.63, 3.8) is 0 Å². The Balaban J connectivity index is 1.21. The number of fused-ring (bicyclic) bond motifs is 5. The van der Waals surface area contributed by atoms with Gasteiger partial charge in [0.2, 0.25) is 0 Å². The predicted molar refractivity (Wildman–Crippen MR) is 319 cm³/mol. The van der Waals surface area contributed by atoms with Crippen molar-refractivity contribution in [2.24, 2.45) is 16.7 Å². The van der Waals surface area contributed by atoms with Crippen molar-refractivity contribution in [3.8, 4) is 0 Å². The Morgan fingerprint density at radius 3 is 1.74 bits per heavy atom. The van der Waals surface area contributed by atoms with Gasteiger partial charge in [0, 0.05) is 44.1 Å². The van der Waals surface area contributed by atoms with Crippen LogP contribution in [0.3, 0.4) is 0 Å². The molecule has 2 bridgehead atoms. The fraction of sp³-hybridized carbons (Fsp3) is 0.435. The van der Waals surface area contributed by atoms with Gasteiger partial charge < -0.3 is 44.0 Å². The number of hydrogen-bond donors (Lipinski definition) is 3. The van der Waals surface area contributed by atoms with Gasteiger partial charge in [-0.3, -0.25) is 24.0 Å². The molecule has 0 spiro atoms. The summed E-state index contributed by atoms with van der Waals surface area (Å²) in [6, 6.07) is 23.0. The molecule has 1 heterocycles. The topological polar surface area (TPSA) is 227 Å². The molecule has 11 atom stereocenters. The highest BCUT2D eigenvalue weighted by Crippen LogP contribution is 2.65. The third-order valence-electron chi connectivity index (χ3n) is 16.8. The fourth-order valence-electron chi connectivity index (χ4n) is 12.4. The molecule has 3 aromatic carbocycles. The van der Waals surface area contributed by atoms with Crippen LogP contribution in [0, 0.1) is 16.7 Å². The highest BCUT2D eigenvalue weighted by atomic mass is 16.6. The minimum atomic E-state index is -2.47. The van der Waals surface area contributed by atoms with Gasteiger partial charge >= 0.3 is 29.8 Å². The molecule has 16 heteroatoms. The van der Waals surface area contributed by atoms with Crippen LogP contribution in [-0.4, -0.2) is 106 Å². The second-order valence-corrected chi connectivity index (χ2v) is 22.8. The monoisotopic (exact) mass is 1160 g/mol. The number of benzene rings is 3. The van der Waals surface area contributed by atoms with Gasteiger partial charge in [0.25, 0.3) is 5.91 Å². The third-order valence-corrected chi connectivity index (χ3v) is 16.8. The van der Waals surface area contributed by atoms with Crippen molar-refractivity contribution in [1.29, 1.82) is 0 Å². The predicted octanol–water partition coefficient (Wildman–Crippen LogP) is 10.8. The highest BCUT2D eigenvalue weighted by Gasteiger charge is 2.79. The molecule has 1 saturated heterocycles. The molecule has 2 saturated carbocycles. The summed E-state index contributed by atoms with van der Waals surface area (Å²) in [4.78, 5) is 100. The Morgan fingerprint density at radius 1 is 0.694 bits per heavy atom. The van der Waals surface area contributed by atoms with Crippen molar-refractivity contribution in [3.05, 3.63) is 192 Å². The third kappa shape index (κ3) is 14.8. The van der Waals surface area contributed by atoms with E-state index in [1.165, 1.54) is 26.0 Å². The van der Waals surface area contributed by atoms with Crippen LogP contribution in [0.25, 0.3) is 0 Å². The first-order valence-corrected chi connectivity index (χ1v) is 29.3. The standard InChI is InChI=1S/C69H81NO15/c1-8-9-10-11-12-13-14-15-16-17-18-19-20-21-22-23-24-25-35-42-55(73)83-53-43-54-68(45-80-54,85-48(4)72)60-62(84-64(77)51-40-33-28-34-41-51)69(79)44-52(46(2)56(66(69,5)6)59(81-47(3)71)61(75)67(53,60)7)82-65(78)58(74)57(49-36-29-26-30-37-49)70-63(76)50-38-31-27-32-39-50/h9-10,12-13,15-16,18-19,21-22,24-34,36-41,52-54,57-60,62,74,79H,8,11,14,17,20,23,35,42-45H2,1-7H3,(H,70,76)/b10-9-,13-12-,16-15-,19-18-,22-21-,25-24-/t52?,53-,54+,57-,58?,59+,60-,62-,67+,68-,69+/m0/s1. The summed E-state index contributed by atoms with van der Waals surface area (Å²) in [5.74, 6) is -7.71. The summed E-state index contributed by atoms with van der Waals surface area (Å²) in [6.45, 7) is 10.2. The second-order valence-electron chi connectivity index (χ2n) is 22.8. The van der Waals surface area contributed by atoms with Gasteiger partial charge in [-0.15, -0.1) is 0 Å². The summed E-state index contributed by atoms with van der Waals surface area (Å²) in [7, 11) is 0. The molecule has 7 rings (SSSR count). The van der Waals surface area contributed by atoms with E-state index in [2.05, 4.69) is 66.9 Å². The van der Waals surface area contributed by atoms with E-state index in [9.17, 15) is 39.0 Å². The lowest BCUT2D eigenvalue weighted by molar-refractivity contribution is -0.346. The molecule has 1 aliphatic heterocycles. The zero-order valence-corrected chi connectivity index (χ0v) is 49.7. The van der Waals surface area contributed by atoms with Crippen molar-refractivity contribution >= 4 is 41.5 Å². The molecule has 0 radical (unpaired) electrons. The number of hydrogen-bond acceptors (Lipinski definition) is 15. The van der Waals surface area contributed by atoms with Crippen LogP contribution in [0.5, 0.6) is 0 Å². The number of carbonyl (C=O) groups is 7. The average Bonchev–Trinajstić information content (AvgIpc) is 0.693. The number of Topliss-reactive ketones (excluding diaryl/α,β-unsaturated/α-hetero) is 1. The SMILES string of the molecule is CC/C=C\C/C=C\C/C=C\C/C=C\C/C=C\C/C=C\CCC(=O)O[C@H]1C[C@H]2OC[C@@]2(OC(C)=O)[C@H]2[C@H](OC(=O)c3ccccc3)[C@]3(O)CC(OC(=O)C(O)[C@@H](NC(=O)c4ccccc4)c4ccccc4)C(C)=C([C@@H](OC(C)=O)C(=O)[C@]12C)C3(C)C. The fourth-order valence-corrected chi connectivity index (χ4v) is 12.4. The van der Waals surface area contributed by atoms with Gasteiger partial charge in [-0.2, -0.15) is 0 Å². The smallest absolute Gasteiger partial charge is 0.338 e. The summed E-state index contributed by atoms with van der Waals surface area (Å²) in [5.41, 5.74) is -7.41. The maximum absolute atomic E-state index is 16.3. The molecule has 3 aliphatic carbocycles. The first kappa shape index (κ1) is 64.8. The van der Waals surface area contributed by atoms with Gasteiger partial charge in [0.15, 0.2) is 23.6 Å². The summed E-state index contributed by atoms with van der Waals surface area (Å²) in [6.07, 6.45) is 19.6. The van der Waals surface area contributed by atoms with E-state index < -0.39 is 119 Å². The van der Waals surface area contributed by atoms with Gasteiger partial charge in [0.05, 0.1) is 29.5 Å². The summed E-state index contributed by atoms with van der Waals surface area (Å²) >= 11 is 0. The second kappa shape index (κ2) is 29.3. The number of ether oxygens (including phenoxy) is 6. The van der Waals surface area contributed by atoms with Gasteiger partial charge in [-0.1, -0.05) is 160 Å². The maximum atomic E-state index is 16.3. The first-order chi connectivity index (χ1) is 40.7. The van der Waals surface area contributed by atoms with Gasteiger partial charge in [-0.25, -0.2) is 9.59 Å². The molecule has 3 N–H and O–H groups in total. The Bertz CT molecular complexity index is 3070. The molecule has 452 valence electrons. The zero-order valence-electron chi connectivity index (χ0n) is 49.7. The van der Waals surface area contributed by atoms with Crippen LogP contribution in [-0.2, 0) is 52.4 Å². The van der Waals surface area contributed by atoms with Crippen LogP contribution in [0.4, 0.5) is 0 Å². The number of aliphatic hydroxyl groups is 2. The lowest BCUT2D eigenvalue weighted by Gasteiger charge is -2.67. The van der Waals surface area contributed by atoms with Gasteiger partial charge in [-0.05, 0) is 99.8 Å². The summed E-state index contributed by atoms with van der Waals surface area (Å²) in [5, 5.41) is 28.9. The lowest BCUT2D eigenvalue weighted by Crippen LogP contribution is -2.82. The van der Waals surface area contributed by atoms with Crippen molar-refractivity contribution in [2.75, 3.05) is 6.61 Å². The minimum Gasteiger partial charge on any atom is -0.461 e. The van der Waals surface area contributed by atoms with Crippen LogP contribution >= 0.6 is 0 Å². The van der Waals surface area contributed by atoms with E-state index in [0.717, 1.165) is 46.0 Å². The van der Waals surface area contributed by atoms with Crippen LogP contribution in [0.15, 0.2) is 175 Å². The molecule has 4 aliphatic rings. The number of carbonyl (C=O) groups excluding carboxylic acids is 7. The highest BCUT2D eigenvalue weighted by molar-refractivity contribution is 5.96. The Kier molecular flexibility index (Phi) is 22.4. The number of ketones is 1.